The number of anilines is 1. The maximum atomic E-state index is 13.9. The molecule has 0 radical (unpaired) electrons. The van der Waals surface area contributed by atoms with E-state index in [0.29, 0.717) is 16.4 Å². The zero-order valence-corrected chi connectivity index (χ0v) is 15.6. The van der Waals surface area contributed by atoms with E-state index in [9.17, 15) is 18.4 Å². The molecule has 0 saturated heterocycles. The van der Waals surface area contributed by atoms with Crippen LogP contribution in [-0.2, 0) is 16.1 Å². The lowest BCUT2D eigenvalue weighted by molar-refractivity contribution is -0.138. The number of carboxylic acid groups (broad SMARTS) is 1. The first-order valence-electron chi connectivity index (χ1n) is 8.28. The van der Waals surface area contributed by atoms with Gasteiger partial charge in [-0.1, -0.05) is 0 Å². The molecule has 28 heavy (non-hydrogen) atoms. The number of ether oxygens (including phenoxy) is 1. The fraction of sp³-hybridized carbons (Fsp3) is 0.211. The van der Waals surface area contributed by atoms with Crippen LogP contribution in [0.25, 0.3) is 10.2 Å². The van der Waals surface area contributed by atoms with E-state index in [4.69, 9.17) is 9.84 Å². The number of benzene rings is 2. The van der Waals surface area contributed by atoms with Gasteiger partial charge in [0.05, 0.1) is 30.3 Å². The number of nitrogens with zero attached hydrogens (tertiary/aromatic N) is 2. The van der Waals surface area contributed by atoms with Crippen molar-refractivity contribution in [3.8, 4) is 5.75 Å². The third kappa shape index (κ3) is 4.42. The van der Waals surface area contributed by atoms with Crippen molar-refractivity contribution in [1.82, 2.24) is 4.98 Å². The summed E-state index contributed by atoms with van der Waals surface area (Å²) in [5.74, 6) is -2.35. The number of aromatic nitrogens is 1. The minimum absolute atomic E-state index is 0.00515. The van der Waals surface area contributed by atoms with Gasteiger partial charge >= 0.3 is 5.97 Å². The van der Waals surface area contributed by atoms with Crippen LogP contribution in [0.1, 0.15) is 17.8 Å². The van der Waals surface area contributed by atoms with Gasteiger partial charge in [-0.25, -0.2) is 13.8 Å². The molecule has 0 aliphatic heterocycles. The fourth-order valence-electron chi connectivity index (χ4n) is 2.64. The highest BCUT2D eigenvalue weighted by atomic mass is 32.1. The van der Waals surface area contributed by atoms with E-state index in [0.717, 1.165) is 23.5 Å². The largest absolute Gasteiger partial charge is 0.497 e. The monoisotopic (exact) mass is 406 g/mol. The van der Waals surface area contributed by atoms with Crippen LogP contribution in [0.15, 0.2) is 36.4 Å². The summed E-state index contributed by atoms with van der Waals surface area (Å²) in [6.45, 7) is 0.00515. The Morgan fingerprint density at radius 1 is 1.18 bits per heavy atom. The lowest BCUT2D eigenvalue weighted by Crippen LogP contribution is -2.30. The molecule has 9 heteroatoms. The molecule has 2 aromatic carbocycles. The van der Waals surface area contributed by atoms with Gasteiger partial charge < -0.3 is 14.7 Å². The van der Waals surface area contributed by atoms with Gasteiger partial charge in [-0.05, 0) is 24.3 Å². The number of amides is 1. The van der Waals surface area contributed by atoms with E-state index in [-0.39, 0.29) is 29.6 Å². The van der Waals surface area contributed by atoms with Crippen LogP contribution in [0.4, 0.5) is 14.5 Å². The molecule has 146 valence electrons. The number of carboxylic acids is 1. The average molecular weight is 406 g/mol. The smallest absolute Gasteiger partial charge is 0.303 e. The Bertz CT molecular complexity index is 1020. The van der Waals surface area contributed by atoms with Gasteiger partial charge in [0.1, 0.15) is 22.4 Å². The molecule has 0 unspecified atom stereocenters. The molecule has 3 rings (SSSR count). The van der Waals surface area contributed by atoms with E-state index in [1.54, 1.807) is 24.3 Å². The number of carbonyl (C=O) groups excluding carboxylic acids is 1. The zero-order chi connectivity index (χ0) is 20.3. The van der Waals surface area contributed by atoms with Crippen molar-refractivity contribution >= 4 is 39.1 Å². The van der Waals surface area contributed by atoms with Gasteiger partial charge in [0, 0.05) is 24.2 Å². The Hall–Kier alpha value is -3.07. The molecule has 0 atom stereocenters. The Morgan fingerprint density at radius 3 is 2.54 bits per heavy atom. The summed E-state index contributed by atoms with van der Waals surface area (Å²) in [4.78, 5) is 29.0. The molecule has 0 aliphatic rings. The van der Waals surface area contributed by atoms with E-state index >= 15 is 0 Å². The second kappa shape index (κ2) is 8.30. The predicted molar refractivity (Wildman–Crippen MR) is 101 cm³/mol. The molecular formula is C19H16F2N2O4S. The highest BCUT2D eigenvalue weighted by Gasteiger charge is 2.20. The predicted octanol–water partition coefficient (Wildman–Crippen LogP) is 3.98. The number of halogens is 2. The third-order valence-electron chi connectivity index (χ3n) is 3.99. The summed E-state index contributed by atoms with van der Waals surface area (Å²) in [6, 6.07) is 8.56. The number of hydrogen-bond acceptors (Lipinski definition) is 5. The number of methoxy groups -OCH3 is 1. The maximum absolute atomic E-state index is 13.9. The molecule has 1 heterocycles. The second-order valence-electron chi connectivity index (χ2n) is 5.92. The minimum Gasteiger partial charge on any atom is -0.497 e. The third-order valence-corrected chi connectivity index (χ3v) is 5.05. The van der Waals surface area contributed by atoms with E-state index < -0.39 is 23.5 Å². The Morgan fingerprint density at radius 2 is 1.89 bits per heavy atom. The van der Waals surface area contributed by atoms with Gasteiger partial charge in [0.2, 0.25) is 5.91 Å². The average Bonchev–Trinajstić information content (AvgIpc) is 3.07. The van der Waals surface area contributed by atoms with Crippen LogP contribution >= 0.6 is 11.3 Å². The van der Waals surface area contributed by atoms with Crippen molar-refractivity contribution < 1.29 is 28.2 Å². The van der Waals surface area contributed by atoms with Gasteiger partial charge in [0.15, 0.2) is 0 Å². The van der Waals surface area contributed by atoms with Crippen molar-refractivity contribution in [2.24, 2.45) is 0 Å². The van der Waals surface area contributed by atoms with E-state index in [1.165, 1.54) is 12.0 Å². The van der Waals surface area contributed by atoms with Crippen LogP contribution in [0.3, 0.4) is 0 Å². The SMILES string of the molecule is COc1ccc(N(Cc2nc3cc(F)cc(F)c3s2)C(=O)CCC(=O)O)cc1. The van der Waals surface area contributed by atoms with Crippen LogP contribution < -0.4 is 9.64 Å². The van der Waals surface area contributed by atoms with Gasteiger partial charge in [-0.2, -0.15) is 0 Å². The number of carbonyl (C=O) groups is 2. The number of thiazole rings is 1. The molecule has 0 aliphatic carbocycles. The molecular weight excluding hydrogens is 390 g/mol. The zero-order valence-electron chi connectivity index (χ0n) is 14.8. The second-order valence-corrected chi connectivity index (χ2v) is 7.00. The van der Waals surface area contributed by atoms with Crippen molar-refractivity contribution in [1.29, 1.82) is 0 Å². The van der Waals surface area contributed by atoms with Crippen LogP contribution in [0.5, 0.6) is 5.75 Å². The number of fused-ring (bicyclic) bond motifs is 1. The van der Waals surface area contributed by atoms with Crippen molar-refractivity contribution in [2.45, 2.75) is 19.4 Å². The summed E-state index contributed by atoms with van der Waals surface area (Å²) in [5, 5.41) is 9.25. The highest BCUT2D eigenvalue weighted by Crippen LogP contribution is 2.29. The topological polar surface area (TPSA) is 79.7 Å². The van der Waals surface area contributed by atoms with Crippen LogP contribution in [0.2, 0.25) is 0 Å². The first kappa shape index (κ1) is 19.7. The van der Waals surface area contributed by atoms with Gasteiger partial charge in [-0.15, -0.1) is 11.3 Å². The van der Waals surface area contributed by atoms with Crippen molar-refractivity contribution in [3.05, 3.63) is 53.0 Å². The van der Waals surface area contributed by atoms with Crippen molar-refractivity contribution in [3.63, 3.8) is 0 Å². The molecule has 0 fully saturated rings. The minimum atomic E-state index is -1.08. The fourth-order valence-corrected chi connectivity index (χ4v) is 3.58. The summed E-state index contributed by atoms with van der Waals surface area (Å²) < 4.78 is 32.6. The normalized spacial score (nSPS) is 10.8. The molecule has 0 bridgehead atoms. The summed E-state index contributed by atoms with van der Waals surface area (Å²) in [6.07, 6.45) is -0.513. The van der Waals surface area contributed by atoms with E-state index in [1.807, 2.05) is 0 Å². The molecule has 0 spiro atoms. The van der Waals surface area contributed by atoms with Crippen LogP contribution in [0, 0.1) is 11.6 Å². The molecule has 1 aromatic heterocycles. The summed E-state index contributed by atoms with van der Waals surface area (Å²) in [5.41, 5.74) is 0.687. The standard InChI is InChI=1S/C19H16F2N2O4S/c1-27-13-4-2-12(3-5-13)23(17(24)6-7-18(25)26)10-16-22-15-9-11(20)8-14(21)19(15)28-16/h2-5,8-9H,6-7,10H2,1H3,(H,25,26). The van der Waals surface area contributed by atoms with Gasteiger partial charge in [0.25, 0.3) is 0 Å². The Balaban J connectivity index is 1.92. The number of rotatable bonds is 7. The Kier molecular flexibility index (Phi) is 5.84. The molecule has 1 amide bonds. The maximum Gasteiger partial charge on any atom is 0.303 e. The first-order chi connectivity index (χ1) is 13.4. The van der Waals surface area contributed by atoms with Crippen molar-refractivity contribution in [2.75, 3.05) is 12.0 Å². The highest BCUT2D eigenvalue weighted by molar-refractivity contribution is 7.18. The lowest BCUT2D eigenvalue weighted by atomic mass is 10.2. The summed E-state index contributed by atoms with van der Waals surface area (Å²) in [7, 11) is 1.51. The molecule has 6 nitrogen and oxygen atoms in total. The van der Waals surface area contributed by atoms with E-state index in [2.05, 4.69) is 4.98 Å². The number of hydrogen-bond donors (Lipinski definition) is 1. The van der Waals surface area contributed by atoms with Gasteiger partial charge in [-0.3, -0.25) is 9.59 Å². The lowest BCUT2D eigenvalue weighted by Gasteiger charge is -2.22. The Labute approximate surface area is 163 Å². The quantitative estimate of drug-likeness (QED) is 0.642. The molecule has 3 aromatic rings. The first-order valence-corrected chi connectivity index (χ1v) is 9.09. The molecule has 0 saturated carbocycles. The number of aliphatic carboxylic acids is 1. The van der Waals surface area contributed by atoms with Crippen LogP contribution in [-0.4, -0.2) is 29.1 Å². The summed E-state index contributed by atoms with van der Waals surface area (Å²) >= 11 is 1.02. The molecule has 1 N–H and O–H groups in total.